The van der Waals surface area contributed by atoms with Crippen LogP contribution in [0.2, 0.25) is 0 Å². The molecule has 0 fully saturated rings. The molecule has 0 bridgehead atoms. The third-order valence-corrected chi connectivity index (χ3v) is 2.40. The summed E-state index contributed by atoms with van der Waals surface area (Å²) in [6, 6.07) is 7.10. The van der Waals surface area contributed by atoms with Crippen LogP contribution in [0, 0.1) is 5.92 Å². The number of ketones is 1. The molecule has 1 N–H and O–H groups in total. The van der Waals surface area contributed by atoms with Crippen LogP contribution in [0.25, 0.3) is 0 Å². The van der Waals surface area contributed by atoms with Crippen LogP contribution in [0.3, 0.4) is 0 Å². The molecule has 0 radical (unpaired) electrons. The number of carbonyl (C=O) groups excluding carboxylic acids is 1. The minimum absolute atomic E-state index is 0.00338. The molecule has 0 amide bonds. The lowest BCUT2D eigenvalue weighted by atomic mass is 10.0. The van der Waals surface area contributed by atoms with Crippen LogP contribution in [0.5, 0.6) is 5.75 Å². The van der Waals surface area contributed by atoms with Crippen molar-refractivity contribution in [2.75, 3.05) is 26.4 Å². The van der Waals surface area contributed by atoms with Crippen molar-refractivity contribution in [1.29, 1.82) is 0 Å². The zero-order valence-electron chi connectivity index (χ0n) is 10.9. The smallest absolute Gasteiger partial charge is 0.165 e. The number of carbonyl (C=O) groups is 1. The summed E-state index contributed by atoms with van der Waals surface area (Å²) in [6.07, 6.45) is 0. The van der Waals surface area contributed by atoms with Gasteiger partial charge in [0.25, 0.3) is 0 Å². The van der Waals surface area contributed by atoms with E-state index in [4.69, 9.17) is 14.6 Å². The van der Waals surface area contributed by atoms with Gasteiger partial charge in [0.05, 0.1) is 19.8 Å². The first-order chi connectivity index (χ1) is 8.65. The molecule has 1 rings (SSSR count). The average Bonchev–Trinajstić information content (AvgIpc) is 2.38. The zero-order chi connectivity index (χ0) is 13.4. The van der Waals surface area contributed by atoms with Crippen molar-refractivity contribution >= 4 is 5.78 Å². The number of benzene rings is 1. The Hall–Kier alpha value is -1.39. The highest BCUT2D eigenvalue weighted by molar-refractivity contribution is 5.97. The van der Waals surface area contributed by atoms with Gasteiger partial charge >= 0.3 is 0 Å². The molecule has 18 heavy (non-hydrogen) atoms. The fourth-order valence-corrected chi connectivity index (χ4v) is 1.43. The summed E-state index contributed by atoms with van der Waals surface area (Å²) in [7, 11) is 0. The molecule has 0 aliphatic carbocycles. The molecule has 0 aromatic heterocycles. The Morgan fingerprint density at radius 3 is 2.39 bits per heavy atom. The standard InChI is InChI=1S/C14H20O4/c1-11(2)14(16)12-3-5-13(6-4-12)18-10-9-17-8-7-15/h3-6,11,15H,7-10H2,1-2H3. The fourth-order valence-electron chi connectivity index (χ4n) is 1.43. The zero-order valence-corrected chi connectivity index (χ0v) is 10.9. The van der Waals surface area contributed by atoms with Gasteiger partial charge in [-0.3, -0.25) is 4.79 Å². The highest BCUT2D eigenvalue weighted by Gasteiger charge is 2.09. The summed E-state index contributed by atoms with van der Waals surface area (Å²) in [5.41, 5.74) is 0.703. The van der Waals surface area contributed by atoms with Crippen LogP contribution in [0.15, 0.2) is 24.3 Å². The number of aliphatic hydroxyl groups excluding tert-OH is 1. The molecule has 0 spiro atoms. The van der Waals surface area contributed by atoms with Gasteiger partial charge < -0.3 is 14.6 Å². The SMILES string of the molecule is CC(C)C(=O)c1ccc(OCCOCCO)cc1. The first-order valence-corrected chi connectivity index (χ1v) is 6.11. The second-order valence-corrected chi connectivity index (χ2v) is 4.23. The highest BCUT2D eigenvalue weighted by Crippen LogP contribution is 2.14. The van der Waals surface area contributed by atoms with Gasteiger partial charge in [-0.2, -0.15) is 0 Å². The van der Waals surface area contributed by atoms with Crippen LogP contribution in [-0.2, 0) is 4.74 Å². The van der Waals surface area contributed by atoms with Gasteiger partial charge in [0.2, 0.25) is 0 Å². The normalized spacial score (nSPS) is 10.7. The number of Topliss-reactive ketones (excluding diaryl/α,β-unsaturated/α-hetero) is 1. The lowest BCUT2D eigenvalue weighted by Crippen LogP contribution is -2.10. The van der Waals surface area contributed by atoms with Crippen molar-refractivity contribution in [3.05, 3.63) is 29.8 Å². The number of rotatable bonds is 8. The Morgan fingerprint density at radius 1 is 1.17 bits per heavy atom. The second-order valence-electron chi connectivity index (χ2n) is 4.23. The van der Waals surface area contributed by atoms with Crippen LogP contribution in [-0.4, -0.2) is 37.3 Å². The summed E-state index contributed by atoms with van der Waals surface area (Å²) in [5.74, 6) is 0.847. The molecular formula is C14H20O4. The maximum atomic E-state index is 11.7. The second kappa shape index (κ2) is 7.84. The molecule has 4 heteroatoms. The van der Waals surface area contributed by atoms with Crippen molar-refractivity contribution in [1.82, 2.24) is 0 Å². The molecule has 0 unspecified atom stereocenters. The van der Waals surface area contributed by atoms with Gasteiger partial charge in [0, 0.05) is 11.5 Å². The largest absolute Gasteiger partial charge is 0.491 e. The minimum atomic E-state index is 0.00338. The highest BCUT2D eigenvalue weighted by atomic mass is 16.5. The maximum absolute atomic E-state index is 11.7. The monoisotopic (exact) mass is 252 g/mol. The molecule has 1 aromatic rings. The van der Waals surface area contributed by atoms with E-state index in [9.17, 15) is 4.79 Å². The first kappa shape index (κ1) is 14.7. The maximum Gasteiger partial charge on any atom is 0.165 e. The lowest BCUT2D eigenvalue weighted by molar-refractivity contribution is 0.0705. The Labute approximate surface area is 108 Å². The van der Waals surface area contributed by atoms with Crippen molar-refractivity contribution < 1.29 is 19.4 Å². The van der Waals surface area contributed by atoms with E-state index >= 15 is 0 Å². The number of hydrogen-bond donors (Lipinski definition) is 1. The molecule has 0 atom stereocenters. The quantitative estimate of drug-likeness (QED) is 0.567. The van der Waals surface area contributed by atoms with E-state index in [2.05, 4.69) is 0 Å². The van der Waals surface area contributed by atoms with Gasteiger partial charge in [-0.05, 0) is 24.3 Å². The van der Waals surface area contributed by atoms with E-state index in [1.54, 1.807) is 24.3 Å². The van der Waals surface area contributed by atoms with Crippen LogP contribution in [0.4, 0.5) is 0 Å². The summed E-state index contributed by atoms with van der Waals surface area (Å²) < 4.78 is 10.5. The van der Waals surface area contributed by atoms with Crippen LogP contribution >= 0.6 is 0 Å². The molecule has 0 aliphatic heterocycles. The van der Waals surface area contributed by atoms with Gasteiger partial charge in [-0.15, -0.1) is 0 Å². The third-order valence-electron chi connectivity index (χ3n) is 2.40. The Balaban J connectivity index is 2.38. The fraction of sp³-hybridized carbons (Fsp3) is 0.500. The van der Waals surface area contributed by atoms with Crippen molar-refractivity contribution in [2.45, 2.75) is 13.8 Å². The van der Waals surface area contributed by atoms with Crippen molar-refractivity contribution in [3.8, 4) is 5.75 Å². The molecule has 1 aromatic carbocycles. The van der Waals surface area contributed by atoms with Gasteiger partial charge in [-0.25, -0.2) is 0 Å². The predicted octanol–water partition coefficient (Wildman–Crippen LogP) is 1.91. The van der Waals surface area contributed by atoms with E-state index in [1.165, 1.54) is 0 Å². The average molecular weight is 252 g/mol. The molecule has 0 heterocycles. The van der Waals surface area contributed by atoms with Gasteiger partial charge in [0.15, 0.2) is 5.78 Å². The van der Waals surface area contributed by atoms with Crippen molar-refractivity contribution in [2.24, 2.45) is 5.92 Å². The van der Waals surface area contributed by atoms with Crippen LogP contribution < -0.4 is 4.74 Å². The number of aliphatic hydroxyl groups is 1. The molecular weight excluding hydrogens is 232 g/mol. The topological polar surface area (TPSA) is 55.8 Å². The van der Waals surface area contributed by atoms with E-state index in [0.29, 0.717) is 31.1 Å². The van der Waals surface area contributed by atoms with E-state index < -0.39 is 0 Å². The first-order valence-electron chi connectivity index (χ1n) is 6.11. The number of ether oxygens (including phenoxy) is 2. The molecule has 0 saturated carbocycles. The van der Waals surface area contributed by atoms with E-state index in [0.717, 1.165) is 0 Å². The third kappa shape index (κ3) is 4.85. The minimum Gasteiger partial charge on any atom is -0.491 e. The van der Waals surface area contributed by atoms with Gasteiger partial charge in [0.1, 0.15) is 12.4 Å². The molecule has 0 saturated heterocycles. The van der Waals surface area contributed by atoms with Gasteiger partial charge in [-0.1, -0.05) is 13.8 Å². The Bertz CT molecular complexity index is 357. The lowest BCUT2D eigenvalue weighted by Gasteiger charge is -2.08. The summed E-state index contributed by atoms with van der Waals surface area (Å²) in [4.78, 5) is 11.7. The van der Waals surface area contributed by atoms with Crippen molar-refractivity contribution in [3.63, 3.8) is 0 Å². The summed E-state index contributed by atoms with van der Waals surface area (Å²) >= 11 is 0. The molecule has 100 valence electrons. The molecule has 0 aliphatic rings. The van der Waals surface area contributed by atoms with E-state index in [1.807, 2.05) is 13.8 Å². The van der Waals surface area contributed by atoms with Crippen LogP contribution in [0.1, 0.15) is 24.2 Å². The number of hydrogen-bond acceptors (Lipinski definition) is 4. The summed E-state index contributed by atoms with van der Waals surface area (Å²) in [6.45, 7) is 4.97. The van der Waals surface area contributed by atoms with E-state index in [-0.39, 0.29) is 18.3 Å². The summed E-state index contributed by atoms with van der Waals surface area (Å²) in [5, 5.41) is 8.51. The predicted molar refractivity (Wildman–Crippen MR) is 69.0 cm³/mol. The molecule has 4 nitrogen and oxygen atoms in total. The Morgan fingerprint density at radius 2 is 1.83 bits per heavy atom. The Kier molecular flexibility index (Phi) is 6.39.